The lowest BCUT2D eigenvalue weighted by Gasteiger charge is -2.34. The van der Waals surface area contributed by atoms with Gasteiger partial charge in [0.2, 0.25) is 5.88 Å². The molecule has 0 saturated carbocycles. The zero-order valence-corrected chi connectivity index (χ0v) is 27.7. The van der Waals surface area contributed by atoms with Crippen LogP contribution in [0.2, 0.25) is 0 Å². The van der Waals surface area contributed by atoms with Crippen LogP contribution < -0.4 is 24.8 Å². The SMILES string of the molecule is COc1cccc([C@@H]2Oc3cccc(-c4cccc5c4[P@](=O)(C(C)(C)C)[C@H](c4cccc(C)n4)O5)c3[P@]2(=O)C(C)(C)C)n1. The number of hydrogen-bond donors (Lipinski definition) is 0. The smallest absolute Gasteiger partial charge is 0.213 e. The number of aryl methyl sites for hydroxylation is 1. The normalized spacial score (nSPS) is 24.6. The first-order valence-corrected chi connectivity index (χ1v) is 18.0. The third-order valence-electron chi connectivity index (χ3n) is 8.45. The van der Waals surface area contributed by atoms with E-state index in [0.29, 0.717) is 39.4 Å². The van der Waals surface area contributed by atoms with Gasteiger partial charge in [0.25, 0.3) is 0 Å². The lowest BCUT2D eigenvalue weighted by atomic mass is 10.0. The Bertz CT molecular complexity index is 1840. The molecule has 2 aliphatic heterocycles. The highest BCUT2D eigenvalue weighted by Gasteiger charge is 2.58. The number of ether oxygens (including phenoxy) is 3. The van der Waals surface area contributed by atoms with E-state index in [1.54, 1.807) is 13.2 Å². The first-order chi connectivity index (χ1) is 20.2. The molecule has 0 unspecified atom stereocenters. The number of hydrogen-bond acceptors (Lipinski definition) is 7. The maximum atomic E-state index is 15.6. The van der Waals surface area contributed by atoms with E-state index >= 15 is 9.13 Å². The Morgan fingerprint density at radius 1 is 0.651 bits per heavy atom. The van der Waals surface area contributed by atoms with Gasteiger partial charge in [-0.2, -0.15) is 0 Å². The molecule has 7 nitrogen and oxygen atoms in total. The van der Waals surface area contributed by atoms with E-state index in [-0.39, 0.29) is 0 Å². The molecule has 0 N–H and O–H groups in total. The molecule has 2 aliphatic rings. The second-order valence-corrected chi connectivity index (χ2v) is 20.4. The van der Waals surface area contributed by atoms with Crippen LogP contribution in [0.3, 0.4) is 0 Å². The third-order valence-corrected chi connectivity index (χ3v) is 16.8. The highest BCUT2D eigenvalue weighted by Crippen LogP contribution is 2.74. The molecule has 224 valence electrons. The zero-order chi connectivity index (χ0) is 30.9. The molecule has 0 amide bonds. The second-order valence-electron chi connectivity index (χ2n) is 13.2. The van der Waals surface area contributed by atoms with E-state index in [9.17, 15) is 0 Å². The van der Waals surface area contributed by atoms with Gasteiger partial charge in [-0.15, -0.1) is 0 Å². The Hall–Kier alpha value is -3.40. The quantitative estimate of drug-likeness (QED) is 0.214. The molecule has 0 radical (unpaired) electrons. The summed E-state index contributed by atoms with van der Waals surface area (Å²) in [5.74, 6) is 0.00407. The molecule has 0 fully saturated rings. The molecule has 0 bridgehead atoms. The van der Waals surface area contributed by atoms with Crippen LogP contribution >= 0.6 is 14.3 Å². The molecule has 2 aromatic carbocycles. The number of rotatable bonds is 4. The van der Waals surface area contributed by atoms with Crippen LogP contribution in [0.25, 0.3) is 11.1 Å². The van der Waals surface area contributed by atoms with Crippen molar-refractivity contribution in [2.75, 3.05) is 7.11 Å². The van der Waals surface area contributed by atoms with Crippen LogP contribution in [0.1, 0.15) is 70.3 Å². The molecule has 43 heavy (non-hydrogen) atoms. The predicted octanol–water partition coefficient (Wildman–Crippen LogP) is 8.22. The lowest BCUT2D eigenvalue weighted by molar-refractivity contribution is 0.283. The van der Waals surface area contributed by atoms with E-state index in [1.807, 2.05) is 115 Å². The number of fused-ring (bicyclic) bond motifs is 2. The van der Waals surface area contributed by atoms with E-state index in [4.69, 9.17) is 19.2 Å². The van der Waals surface area contributed by atoms with Gasteiger partial charge in [0.05, 0.1) is 29.1 Å². The van der Waals surface area contributed by atoms with Crippen molar-refractivity contribution in [2.24, 2.45) is 0 Å². The van der Waals surface area contributed by atoms with Gasteiger partial charge in [-0.05, 0) is 48.4 Å². The number of benzene rings is 2. The summed E-state index contributed by atoms with van der Waals surface area (Å²) in [6.07, 6.45) is 0. The monoisotopic (exact) mass is 616 g/mol. The zero-order valence-electron chi connectivity index (χ0n) is 25.9. The summed E-state index contributed by atoms with van der Waals surface area (Å²) < 4.78 is 49.8. The van der Waals surface area contributed by atoms with Crippen molar-refractivity contribution >= 4 is 24.9 Å². The fraction of sp³-hybridized carbons (Fsp3) is 0.353. The van der Waals surface area contributed by atoms with Crippen molar-refractivity contribution in [1.82, 2.24) is 9.97 Å². The van der Waals surface area contributed by atoms with Crippen molar-refractivity contribution < 1.29 is 23.3 Å². The van der Waals surface area contributed by atoms with Gasteiger partial charge >= 0.3 is 0 Å². The van der Waals surface area contributed by atoms with E-state index in [1.165, 1.54) is 0 Å². The van der Waals surface area contributed by atoms with Crippen LogP contribution in [0.4, 0.5) is 0 Å². The van der Waals surface area contributed by atoms with E-state index in [0.717, 1.165) is 16.8 Å². The van der Waals surface area contributed by atoms with Crippen LogP contribution in [-0.4, -0.2) is 27.4 Å². The van der Waals surface area contributed by atoms with Gasteiger partial charge in [-0.1, -0.05) is 77.9 Å². The van der Waals surface area contributed by atoms with Gasteiger partial charge in [-0.3, -0.25) is 4.98 Å². The van der Waals surface area contributed by atoms with Crippen molar-refractivity contribution in [2.45, 2.75) is 70.5 Å². The predicted molar refractivity (Wildman–Crippen MR) is 172 cm³/mol. The minimum atomic E-state index is -3.38. The Labute approximate surface area is 253 Å². The average molecular weight is 617 g/mol. The van der Waals surface area contributed by atoms with Crippen molar-refractivity contribution in [3.8, 4) is 28.5 Å². The van der Waals surface area contributed by atoms with Gasteiger partial charge in [0.1, 0.15) is 11.5 Å². The van der Waals surface area contributed by atoms with Crippen LogP contribution in [0.5, 0.6) is 17.4 Å². The molecule has 0 saturated heterocycles. The Kier molecular flexibility index (Phi) is 6.95. The standard InChI is InChI=1S/C34H38N2O5P2/c1-21-13-9-16-24(35-21)31-40-26-18-10-14-22(29(26)42(31,37)33(2,3)4)23-15-11-19-27-30(23)43(38,34(5,6)7)32(41-27)25-17-12-20-28(36-25)39-8/h9-20,31-32H,1-8H3/t31-,32-,42-,43-/m1/s1. The lowest BCUT2D eigenvalue weighted by Crippen LogP contribution is -2.28. The maximum absolute atomic E-state index is 15.6. The third kappa shape index (κ3) is 4.38. The summed E-state index contributed by atoms with van der Waals surface area (Å²) in [5, 5.41) is -0.0321. The van der Waals surface area contributed by atoms with Gasteiger partial charge in [-0.25, -0.2) is 4.98 Å². The van der Waals surface area contributed by atoms with Crippen molar-refractivity contribution in [1.29, 1.82) is 0 Å². The van der Waals surface area contributed by atoms with Crippen LogP contribution in [0, 0.1) is 6.92 Å². The molecule has 4 atom stereocenters. The summed E-state index contributed by atoms with van der Waals surface area (Å²) in [6, 6.07) is 22.6. The number of methoxy groups -OCH3 is 1. The Morgan fingerprint density at radius 2 is 1.09 bits per heavy atom. The maximum Gasteiger partial charge on any atom is 0.213 e. The number of aromatic nitrogens is 2. The van der Waals surface area contributed by atoms with Gasteiger partial charge in [0, 0.05) is 22.1 Å². The molecule has 4 heterocycles. The first kappa shape index (κ1) is 29.7. The Balaban J connectivity index is 1.61. The molecule has 4 aromatic rings. The second kappa shape index (κ2) is 10.1. The van der Waals surface area contributed by atoms with Crippen LogP contribution in [0.15, 0.2) is 72.8 Å². The fourth-order valence-electron chi connectivity index (χ4n) is 6.23. The number of pyridine rings is 2. The molecule has 0 aliphatic carbocycles. The number of nitrogens with zero attached hydrogens (tertiary/aromatic N) is 2. The van der Waals surface area contributed by atoms with Gasteiger partial charge in [0.15, 0.2) is 26.0 Å². The summed E-state index contributed by atoms with van der Waals surface area (Å²) in [6.45, 7) is 13.8. The highest BCUT2D eigenvalue weighted by molar-refractivity contribution is 7.74. The molecule has 9 heteroatoms. The fourth-order valence-corrected chi connectivity index (χ4v) is 13.0. The van der Waals surface area contributed by atoms with E-state index < -0.39 is 36.3 Å². The first-order valence-electron chi connectivity index (χ1n) is 14.5. The van der Waals surface area contributed by atoms with Crippen molar-refractivity contribution in [3.05, 3.63) is 89.9 Å². The summed E-state index contributed by atoms with van der Waals surface area (Å²) >= 11 is 0. The summed E-state index contributed by atoms with van der Waals surface area (Å²) in [4.78, 5) is 9.38. The molecular weight excluding hydrogens is 578 g/mol. The molecule has 2 aromatic heterocycles. The molecule has 0 spiro atoms. The Morgan fingerprint density at radius 3 is 1.53 bits per heavy atom. The van der Waals surface area contributed by atoms with Crippen LogP contribution in [-0.2, 0) is 9.13 Å². The summed E-state index contributed by atoms with van der Waals surface area (Å²) in [7, 11) is -5.16. The molecular formula is C34H38N2O5P2. The topological polar surface area (TPSA) is 87.6 Å². The van der Waals surface area contributed by atoms with Crippen molar-refractivity contribution in [3.63, 3.8) is 0 Å². The largest absolute Gasteiger partial charge is 0.481 e. The summed E-state index contributed by atoms with van der Waals surface area (Å²) in [5.41, 5.74) is 3.51. The highest BCUT2D eigenvalue weighted by atomic mass is 31.2. The van der Waals surface area contributed by atoms with E-state index in [2.05, 4.69) is 4.98 Å². The minimum absolute atomic E-state index is 0.428. The molecule has 6 rings (SSSR count). The van der Waals surface area contributed by atoms with Gasteiger partial charge < -0.3 is 23.3 Å². The average Bonchev–Trinajstić information content (AvgIpc) is 3.46. The minimum Gasteiger partial charge on any atom is -0.481 e.